The Hall–Kier alpha value is -1.72. The van der Waals surface area contributed by atoms with Crippen molar-refractivity contribution in [3.63, 3.8) is 0 Å². The molecule has 0 bridgehead atoms. The number of hydrogen-bond acceptors (Lipinski definition) is 5. The molecule has 0 aromatic carbocycles. The summed E-state index contributed by atoms with van der Waals surface area (Å²) in [5, 5.41) is 20.9. The highest BCUT2D eigenvalue weighted by molar-refractivity contribution is 6.01. The fourth-order valence-electron chi connectivity index (χ4n) is 7.05. The molecule has 31 heavy (non-hydrogen) atoms. The van der Waals surface area contributed by atoms with Gasteiger partial charge in [-0.1, -0.05) is 37.6 Å². The molecule has 0 aliphatic heterocycles. The molecule has 4 rings (SSSR count). The third kappa shape index (κ3) is 3.36. The normalized spacial score (nSPS) is 43.3. The number of fused-ring (bicyclic) bond motifs is 5. The van der Waals surface area contributed by atoms with E-state index in [2.05, 4.69) is 19.9 Å². The van der Waals surface area contributed by atoms with E-state index in [0.29, 0.717) is 19.3 Å². The molecule has 4 aliphatic carbocycles. The maximum atomic E-state index is 13.3. The molecule has 0 heterocycles. The van der Waals surface area contributed by atoms with E-state index in [9.17, 15) is 19.8 Å². The predicted octanol–water partition coefficient (Wildman–Crippen LogP) is 3.75. The van der Waals surface area contributed by atoms with Crippen LogP contribution in [0.3, 0.4) is 0 Å². The summed E-state index contributed by atoms with van der Waals surface area (Å²) < 4.78 is 5.69. The highest BCUT2D eigenvalue weighted by atomic mass is 16.5. The van der Waals surface area contributed by atoms with E-state index >= 15 is 0 Å². The number of carbonyl (C=O) groups excluding carboxylic acids is 2. The van der Waals surface area contributed by atoms with Gasteiger partial charge in [-0.15, -0.1) is 0 Å². The first-order chi connectivity index (χ1) is 14.6. The lowest BCUT2D eigenvalue weighted by Gasteiger charge is -2.60. The van der Waals surface area contributed by atoms with E-state index in [1.165, 1.54) is 0 Å². The second-order valence-corrected chi connectivity index (χ2v) is 10.8. The Labute approximate surface area is 185 Å². The lowest BCUT2D eigenvalue weighted by molar-refractivity contribution is -0.168. The Kier molecular flexibility index (Phi) is 5.58. The molecular formula is C26H36O5. The molecule has 0 saturated heterocycles. The number of hydrogen-bond donors (Lipinski definition) is 2. The predicted molar refractivity (Wildman–Crippen MR) is 118 cm³/mol. The molecular weight excluding hydrogens is 392 g/mol. The van der Waals surface area contributed by atoms with Gasteiger partial charge in [0.2, 0.25) is 0 Å². The minimum atomic E-state index is -0.979. The maximum Gasteiger partial charge on any atom is 0.309 e. The smallest absolute Gasteiger partial charge is 0.309 e. The van der Waals surface area contributed by atoms with Crippen molar-refractivity contribution in [2.75, 3.05) is 6.61 Å². The van der Waals surface area contributed by atoms with Crippen molar-refractivity contribution in [3.8, 4) is 0 Å². The van der Waals surface area contributed by atoms with Crippen LogP contribution in [0.1, 0.15) is 59.8 Å². The zero-order valence-electron chi connectivity index (χ0n) is 19.1. The Balaban J connectivity index is 1.76. The summed E-state index contributed by atoms with van der Waals surface area (Å²) >= 11 is 0. The standard InChI is InChI=1S/C26H36O5/c1-16(2)31-23(29)19-15-17-14-18(28)6-10-24(17,3)20-7-11-25(4)21(22(19)20)8-12-26(25,30)9-5-13-27/h6,8,10,12,14,16,19-22,27,30H,5,7,9,11,13,15H2,1-4H3/t19-,20+,21+,22-,24+,25+,26?/m1/s1. The Morgan fingerprint density at radius 3 is 2.71 bits per heavy atom. The number of rotatable bonds is 5. The van der Waals surface area contributed by atoms with Crippen molar-refractivity contribution in [2.24, 2.45) is 34.5 Å². The number of aliphatic hydroxyl groups is 2. The van der Waals surface area contributed by atoms with E-state index in [4.69, 9.17) is 4.74 Å². The molecule has 4 aliphatic rings. The zero-order valence-corrected chi connectivity index (χ0v) is 19.1. The van der Waals surface area contributed by atoms with E-state index < -0.39 is 5.60 Å². The maximum absolute atomic E-state index is 13.3. The molecule has 1 unspecified atom stereocenters. The second-order valence-electron chi connectivity index (χ2n) is 10.8. The highest BCUT2D eigenvalue weighted by Gasteiger charge is 2.64. The van der Waals surface area contributed by atoms with Gasteiger partial charge in [-0.05, 0) is 75.9 Å². The van der Waals surface area contributed by atoms with Crippen molar-refractivity contribution >= 4 is 11.8 Å². The van der Waals surface area contributed by atoms with Gasteiger partial charge in [0.05, 0.1) is 17.6 Å². The van der Waals surface area contributed by atoms with Crippen molar-refractivity contribution in [1.29, 1.82) is 0 Å². The van der Waals surface area contributed by atoms with Crippen molar-refractivity contribution < 1.29 is 24.5 Å². The van der Waals surface area contributed by atoms with Gasteiger partial charge in [0.25, 0.3) is 0 Å². The fourth-order valence-corrected chi connectivity index (χ4v) is 7.05. The molecule has 0 radical (unpaired) electrons. The van der Waals surface area contributed by atoms with Gasteiger partial charge in [0, 0.05) is 17.4 Å². The molecule has 5 heteroatoms. The van der Waals surface area contributed by atoms with Gasteiger partial charge in [0.15, 0.2) is 5.78 Å². The second kappa shape index (κ2) is 7.70. The van der Waals surface area contributed by atoms with Crippen LogP contribution in [-0.4, -0.2) is 40.3 Å². The van der Waals surface area contributed by atoms with E-state index in [1.807, 2.05) is 26.0 Å². The summed E-state index contributed by atoms with van der Waals surface area (Å²) in [5.41, 5.74) is -0.583. The van der Waals surface area contributed by atoms with Crippen LogP contribution in [0.25, 0.3) is 0 Å². The van der Waals surface area contributed by atoms with Gasteiger partial charge in [0.1, 0.15) is 0 Å². The van der Waals surface area contributed by atoms with E-state index in [-0.39, 0.29) is 59.0 Å². The van der Waals surface area contributed by atoms with Crippen molar-refractivity contribution in [2.45, 2.75) is 71.5 Å². The third-order valence-electron chi connectivity index (χ3n) is 8.81. The highest BCUT2D eigenvalue weighted by Crippen LogP contribution is 2.67. The molecule has 0 amide bonds. The first-order valence-corrected chi connectivity index (χ1v) is 11.7. The monoisotopic (exact) mass is 428 g/mol. The van der Waals surface area contributed by atoms with Crippen molar-refractivity contribution in [3.05, 3.63) is 36.0 Å². The van der Waals surface area contributed by atoms with Gasteiger partial charge in [-0.25, -0.2) is 0 Å². The zero-order chi connectivity index (χ0) is 22.6. The van der Waals surface area contributed by atoms with Crippen LogP contribution in [0.2, 0.25) is 0 Å². The van der Waals surface area contributed by atoms with Crippen LogP contribution >= 0.6 is 0 Å². The number of ketones is 1. The van der Waals surface area contributed by atoms with Crippen LogP contribution in [-0.2, 0) is 14.3 Å². The van der Waals surface area contributed by atoms with Gasteiger partial charge in [-0.3, -0.25) is 9.59 Å². The van der Waals surface area contributed by atoms with Crippen LogP contribution < -0.4 is 0 Å². The molecule has 2 N–H and O–H groups in total. The summed E-state index contributed by atoms with van der Waals surface area (Å²) in [5.74, 6) is -0.265. The molecule has 0 aromatic heterocycles. The Morgan fingerprint density at radius 2 is 2.03 bits per heavy atom. The molecule has 0 spiro atoms. The summed E-state index contributed by atoms with van der Waals surface area (Å²) in [6, 6.07) is 0. The largest absolute Gasteiger partial charge is 0.463 e. The summed E-state index contributed by atoms with van der Waals surface area (Å²) in [7, 11) is 0. The molecule has 0 aromatic rings. The molecule has 5 nitrogen and oxygen atoms in total. The molecule has 170 valence electrons. The SMILES string of the molecule is CC(C)OC(=O)[C@@H]1CC2=CC(=O)C=C[C@]2(C)[C@H]2CC[C@@]3(C)[C@@H](C=CC3(O)CCCO)[C@H]12. The summed E-state index contributed by atoms with van der Waals surface area (Å²) in [4.78, 5) is 25.4. The number of ether oxygens (including phenoxy) is 1. The van der Waals surface area contributed by atoms with E-state index in [0.717, 1.165) is 18.4 Å². The summed E-state index contributed by atoms with van der Waals surface area (Å²) in [6.45, 7) is 8.12. The lowest BCUT2D eigenvalue weighted by Crippen LogP contribution is -2.58. The Bertz CT molecular complexity index is 854. The molecule has 2 saturated carbocycles. The number of aliphatic hydroxyl groups excluding tert-OH is 1. The lowest BCUT2D eigenvalue weighted by atomic mass is 9.44. The van der Waals surface area contributed by atoms with E-state index in [1.54, 1.807) is 12.2 Å². The first kappa shape index (κ1) is 22.5. The van der Waals surface area contributed by atoms with Crippen molar-refractivity contribution in [1.82, 2.24) is 0 Å². The number of allylic oxidation sites excluding steroid dienone is 5. The minimum absolute atomic E-state index is 0.0123. The van der Waals surface area contributed by atoms with Gasteiger partial charge in [-0.2, -0.15) is 0 Å². The van der Waals surface area contributed by atoms with Gasteiger partial charge < -0.3 is 14.9 Å². The van der Waals surface area contributed by atoms with Gasteiger partial charge >= 0.3 is 5.97 Å². The number of esters is 1. The topological polar surface area (TPSA) is 83.8 Å². The minimum Gasteiger partial charge on any atom is -0.463 e. The molecule has 2 fully saturated rings. The average molecular weight is 429 g/mol. The van der Waals surface area contributed by atoms with Crippen LogP contribution in [0, 0.1) is 34.5 Å². The van der Waals surface area contributed by atoms with Crippen LogP contribution in [0.15, 0.2) is 36.0 Å². The molecule has 7 atom stereocenters. The van der Waals surface area contributed by atoms with Crippen LogP contribution in [0.4, 0.5) is 0 Å². The quantitative estimate of drug-likeness (QED) is 0.515. The third-order valence-corrected chi connectivity index (χ3v) is 8.81. The summed E-state index contributed by atoms with van der Waals surface area (Å²) in [6.07, 6.45) is 12.6. The number of carbonyl (C=O) groups is 2. The first-order valence-electron chi connectivity index (χ1n) is 11.7. The Morgan fingerprint density at radius 1 is 1.29 bits per heavy atom. The fraction of sp³-hybridized carbons (Fsp3) is 0.692. The van der Waals surface area contributed by atoms with Crippen LogP contribution in [0.5, 0.6) is 0 Å². The average Bonchev–Trinajstić information content (AvgIpc) is 2.97.